The molecule has 1 N–H and O–H groups in total. The van der Waals surface area contributed by atoms with Gasteiger partial charge < -0.3 is 9.47 Å². The van der Waals surface area contributed by atoms with Crippen LogP contribution in [-0.4, -0.2) is 34.2 Å². The third-order valence-corrected chi connectivity index (χ3v) is 8.53. The van der Waals surface area contributed by atoms with Crippen molar-refractivity contribution < 1.29 is 22.7 Å². The molecule has 4 rings (SSSR count). The highest BCUT2D eigenvalue weighted by Crippen LogP contribution is 2.37. The number of nitrogens with zero attached hydrogens (tertiary/aromatic N) is 2. The molecule has 0 aliphatic heterocycles. The average Bonchev–Trinajstić information content (AvgIpc) is 2.96. The van der Waals surface area contributed by atoms with Gasteiger partial charge in [-0.3, -0.25) is 9.10 Å². The van der Waals surface area contributed by atoms with Crippen LogP contribution in [0.3, 0.4) is 0 Å². The van der Waals surface area contributed by atoms with Crippen molar-refractivity contribution in [2.24, 2.45) is 5.10 Å². The summed E-state index contributed by atoms with van der Waals surface area (Å²) in [6.45, 7) is -0.232. The Morgan fingerprint density at radius 3 is 2.39 bits per heavy atom. The first-order valence-electron chi connectivity index (χ1n) is 12.1. The highest BCUT2D eigenvalue weighted by atomic mass is 79.9. The third kappa shape index (κ3) is 8.01. The number of methoxy groups -OCH3 is 1. The van der Waals surface area contributed by atoms with Gasteiger partial charge in [0.2, 0.25) is 0 Å². The van der Waals surface area contributed by atoms with Crippen LogP contribution in [0.4, 0.5) is 5.69 Å². The molecule has 0 fully saturated rings. The van der Waals surface area contributed by atoms with E-state index in [2.05, 4.69) is 26.5 Å². The summed E-state index contributed by atoms with van der Waals surface area (Å²) in [4.78, 5) is 12.9. The van der Waals surface area contributed by atoms with E-state index in [0.29, 0.717) is 38.2 Å². The van der Waals surface area contributed by atoms with Gasteiger partial charge in [0.15, 0.2) is 11.5 Å². The number of anilines is 1. The Morgan fingerprint density at radius 2 is 1.71 bits per heavy atom. The van der Waals surface area contributed by atoms with Crippen molar-refractivity contribution in [3.63, 3.8) is 0 Å². The molecule has 0 radical (unpaired) electrons. The Hall–Kier alpha value is -3.57. The summed E-state index contributed by atoms with van der Waals surface area (Å²) in [7, 11) is -2.56. The second kappa shape index (κ2) is 13.9. The van der Waals surface area contributed by atoms with Crippen molar-refractivity contribution in [2.75, 3.05) is 18.0 Å². The van der Waals surface area contributed by atoms with Crippen molar-refractivity contribution in [3.05, 3.63) is 117 Å². The van der Waals surface area contributed by atoms with Crippen molar-refractivity contribution >= 4 is 67.0 Å². The molecule has 0 heterocycles. The van der Waals surface area contributed by atoms with Gasteiger partial charge in [-0.15, -0.1) is 0 Å². The van der Waals surface area contributed by atoms with Crippen LogP contribution in [0.2, 0.25) is 10.0 Å². The maximum absolute atomic E-state index is 13.4. The molecule has 8 nitrogen and oxygen atoms in total. The highest BCUT2D eigenvalue weighted by molar-refractivity contribution is 9.10. The molecule has 12 heteroatoms. The number of carbonyl (C=O) groups excluding carboxylic acids is 1. The van der Waals surface area contributed by atoms with Crippen molar-refractivity contribution in [2.45, 2.75) is 11.5 Å². The fourth-order valence-electron chi connectivity index (χ4n) is 3.70. The number of hydrogen-bond donors (Lipinski definition) is 1. The van der Waals surface area contributed by atoms with Crippen LogP contribution in [-0.2, 0) is 21.4 Å². The fourth-order valence-corrected chi connectivity index (χ4v) is 6.02. The molecule has 0 spiro atoms. The summed E-state index contributed by atoms with van der Waals surface area (Å²) >= 11 is 15.5. The molecule has 4 aromatic rings. The zero-order chi connectivity index (χ0) is 29.4. The van der Waals surface area contributed by atoms with Gasteiger partial charge in [0.25, 0.3) is 15.9 Å². The first-order valence-corrected chi connectivity index (χ1v) is 15.1. The summed E-state index contributed by atoms with van der Waals surface area (Å²) in [5, 5.41) is 4.97. The van der Waals surface area contributed by atoms with Crippen molar-refractivity contribution in [1.29, 1.82) is 0 Å². The molecule has 1 amide bonds. The number of hydrogen-bond acceptors (Lipinski definition) is 6. The molecule has 0 aliphatic carbocycles. The SMILES string of the molecule is COc1cc(/C=N\NC(=O)CN(c2cccc(Cl)c2)S(=O)(=O)c2ccccc2)cc(Br)c1OCc1ccc(Cl)cc1. The molecule has 4 aromatic carbocycles. The van der Waals surface area contributed by atoms with Gasteiger partial charge in [-0.1, -0.05) is 59.6 Å². The second-order valence-electron chi connectivity index (χ2n) is 8.55. The number of rotatable bonds is 11. The normalized spacial score (nSPS) is 11.3. The molecule has 0 bridgehead atoms. The Morgan fingerprint density at radius 1 is 0.976 bits per heavy atom. The van der Waals surface area contributed by atoms with E-state index in [4.69, 9.17) is 32.7 Å². The van der Waals surface area contributed by atoms with Crippen LogP contribution in [0.25, 0.3) is 0 Å². The Kier molecular flexibility index (Phi) is 10.3. The zero-order valence-corrected chi connectivity index (χ0v) is 25.5. The van der Waals surface area contributed by atoms with Gasteiger partial charge in [-0.2, -0.15) is 5.10 Å². The van der Waals surface area contributed by atoms with Crippen LogP contribution in [0.1, 0.15) is 11.1 Å². The van der Waals surface area contributed by atoms with Crippen LogP contribution in [0, 0.1) is 0 Å². The van der Waals surface area contributed by atoms with Crippen LogP contribution < -0.4 is 19.2 Å². The lowest BCUT2D eigenvalue weighted by Gasteiger charge is -2.23. The van der Waals surface area contributed by atoms with Crippen LogP contribution >= 0.6 is 39.1 Å². The monoisotopic (exact) mass is 675 g/mol. The topological polar surface area (TPSA) is 97.3 Å². The van der Waals surface area contributed by atoms with E-state index in [9.17, 15) is 13.2 Å². The number of halogens is 3. The van der Waals surface area contributed by atoms with E-state index >= 15 is 0 Å². The van der Waals surface area contributed by atoms with Crippen molar-refractivity contribution in [3.8, 4) is 11.5 Å². The number of amides is 1. The van der Waals surface area contributed by atoms with Gasteiger partial charge >= 0.3 is 0 Å². The minimum Gasteiger partial charge on any atom is -0.493 e. The molecular weight excluding hydrogens is 653 g/mol. The van der Waals surface area contributed by atoms with E-state index in [0.717, 1.165) is 9.87 Å². The summed E-state index contributed by atoms with van der Waals surface area (Å²) < 4.78 is 39.8. The van der Waals surface area contributed by atoms with Gasteiger partial charge in [0.05, 0.1) is 28.4 Å². The number of benzene rings is 4. The lowest BCUT2D eigenvalue weighted by atomic mass is 10.2. The lowest BCUT2D eigenvalue weighted by Crippen LogP contribution is -2.39. The molecule has 0 saturated heterocycles. The highest BCUT2D eigenvalue weighted by Gasteiger charge is 2.27. The molecule has 0 unspecified atom stereocenters. The Balaban J connectivity index is 1.47. The van der Waals surface area contributed by atoms with Gasteiger partial charge in [0.1, 0.15) is 13.2 Å². The van der Waals surface area contributed by atoms with Gasteiger partial charge in [-0.25, -0.2) is 13.8 Å². The minimum atomic E-state index is -4.07. The van der Waals surface area contributed by atoms with Crippen LogP contribution in [0.15, 0.2) is 105 Å². The van der Waals surface area contributed by atoms with Gasteiger partial charge in [-0.05, 0) is 81.7 Å². The molecule has 0 atom stereocenters. The fraction of sp³-hybridized carbons (Fsp3) is 0.103. The summed E-state index contributed by atoms with van der Waals surface area (Å²) in [5.74, 6) is 0.281. The van der Waals surface area contributed by atoms with Gasteiger partial charge in [0, 0.05) is 10.0 Å². The smallest absolute Gasteiger partial charge is 0.264 e. The van der Waals surface area contributed by atoms with E-state index in [-0.39, 0.29) is 10.6 Å². The predicted octanol–water partition coefficient (Wildman–Crippen LogP) is 6.69. The maximum atomic E-state index is 13.4. The minimum absolute atomic E-state index is 0.0339. The summed E-state index contributed by atoms with van der Waals surface area (Å²) in [6, 6.07) is 24.8. The second-order valence-corrected chi connectivity index (χ2v) is 12.1. The molecule has 0 aromatic heterocycles. The van der Waals surface area contributed by atoms with E-state index < -0.39 is 22.5 Å². The van der Waals surface area contributed by atoms with E-state index in [1.54, 1.807) is 60.7 Å². The molecule has 0 aliphatic rings. The molecule has 41 heavy (non-hydrogen) atoms. The number of hydrazone groups is 1. The predicted molar refractivity (Wildman–Crippen MR) is 165 cm³/mol. The lowest BCUT2D eigenvalue weighted by molar-refractivity contribution is -0.119. The number of ether oxygens (including phenoxy) is 2. The molecule has 212 valence electrons. The number of nitrogens with one attached hydrogen (secondary N) is 1. The first-order chi connectivity index (χ1) is 19.7. The molecule has 0 saturated carbocycles. The Labute approximate surface area is 256 Å². The number of carbonyl (C=O) groups is 1. The summed E-state index contributed by atoms with van der Waals surface area (Å²) in [6.07, 6.45) is 1.41. The standard InChI is InChI=1S/C29H24BrCl2N3O5S/c1-39-27-15-21(14-26(30)29(27)40-19-20-10-12-22(31)13-11-20)17-33-34-28(36)18-35(24-7-5-6-23(32)16-24)41(37,38)25-8-3-2-4-9-25/h2-17H,18-19H2,1H3,(H,34,36)/b33-17-. The van der Waals surface area contributed by atoms with Crippen LogP contribution in [0.5, 0.6) is 11.5 Å². The number of sulfonamides is 1. The van der Waals surface area contributed by atoms with Crippen molar-refractivity contribution in [1.82, 2.24) is 5.43 Å². The van der Waals surface area contributed by atoms with E-state index in [1.807, 2.05) is 12.1 Å². The first kappa shape index (κ1) is 30.4. The Bertz CT molecular complexity index is 1650. The zero-order valence-electron chi connectivity index (χ0n) is 21.6. The largest absolute Gasteiger partial charge is 0.493 e. The third-order valence-electron chi connectivity index (χ3n) is 5.67. The quantitative estimate of drug-likeness (QED) is 0.141. The summed E-state index contributed by atoms with van der Waals surface area (Å²) in [5.41, 5.74) is 4.15. The maximum Gasteiger partial charge on any atom is 0.264 e. The molecular formula is C29H24BrCl2N3O5S. The average molecular weight is 677 g/mol. The van der Waals surface area contributed by atoms with E-state index in [1.165, 1.54) is 31.5 Å².